The molecule has 9 nitrogen and oxygen atoms in total. The molecule has 2 aliphatic heterocycles. The number of ether oxygens (including phenoxy) is 2. The molecule has 0 aromatic carbocycles. The van der Waals surface area contributed by atoms with Gasteiger partial charge in [0.05, 0.1) is 13.2 Å². The van der Waals surface area contributed by atoms with Gasteiger partial charge in [-0.25, -0.2) is 0 Å². The van der Waals surface area contributed by atoms with E-state index < -0.39 is 18.0 Å². The van der Waals surface area contributed by atoms with Crippen molar-refractivity contribution < 1.29 is 24.2 Å². The maximum absolute atomic E-state index is 13.6. The number of hydrogen-bond donors (Lipinski definition) is 1. The van der Waals surface area contributed by atoms with Crippen LogP contribution in [0, 0.1) is 68.6 Å². The van der Waals surface area contributed by atoms with Gasteiger partial charge in [0, 0.05) is 12.0 Å². The fourth-order valence-electron chi connectivity index (χ4n) is 10.2. The molecule has 5 heterocycles. The number of carbonyl (C=O) groups excluding carboxylic acids is 2. The molecule has 1 fully saturated rings. The summed E-state index contributed by atoms with van der Waals surface area (Å²) in [5.74, 6) is 2.81. The van der Waals surface area contributed by atoms with Crippen molar-refractivity contribution in [2.45, 2.75) is 152 Å². The van der Waals surface area contributed by atoms with Crippen LogP contribution < -0.4 is 25.7 Å². The molecule has 346 valence electrons. The first-order valence-corrected chi connectivity index (χ1v) is 24.0. The summed E-state index contributed by atoms with van der Waals surface area (Å²) in [6.45, 7) is 21.9. The van der Waals surface area contributed by atoms with Gasteiger partial charge in [-0.15, -0.1) is 39.9 Å². The normalized spacial score (nSPS) is 22.7. The van der Waals surface area contributed by atoms with Gasteiger partial charge in [0.25, 0.3) is 0 Å². The first-order valence-electron chi connectivity index (χ1n) is 24.0. The minimum Gasteiger partial charge on any atom is -0.664 e. The monoisotopic (exact) mass is 893 g/mol. The van der Waals surface area contributed by atoms with Crippen LogP contribution in [0.4, 0.5) is 0 Å². The van der Waals surface area contributed by atoms with Gasteiger partial charge < -0.3 is 34.8 Å². The molecule has 65 heavy (non-hydrogen) atoms. The first-order chi connectivity index (χ1) is 30.6. The Labute approximate surface area is 405 Å². The summed E-state index contributed by atoms with van der Waals surface area (Å²) in [5.41, 5.74) is 10.7. The fraction of sp³-hybridized carbons (Fsp3) is 0.564. The summed E-state index contributed by atoms with van der Waals surface area (Å²) in [4.78, 5) is 42.3. The van der Waals surface area contributed by atoms with Crippen LogP contribution in [-0.2, 0) is 25.5 Å². The molecule has 6 rings (SSSR count). The molecule has 1 N–H and O–H groups in total. The number of fused-ring (bicyclic) bond motifs is 7. The van der Waals surface area contributed by atoms with Crippen LogP contribution in [0.2, 0.25) is 0 Å². The number of esters is 2. The van der Waals surface area contributed by atoms with E-state index in [2.05, 4.69) is 61.3 Å². The second-order valence-electron chi connectivity index (χ2n) is 19.5. The first kappa shape index (κ1) is 51.8. The number of nitrogens with zero attached hydrogens (tertiary/aromatic N) is 4. The van der Waals surface area contributed by atoms with Crippen molar-refractivity contribution in [3.05, 3.63) is 95.2 Å². The molecule has 0 radical (unpaired) electrons. The van der Waals surface area contributed by atoms with E-state index in [1.165, 1.54) is 57.6 Å². The van der Waals surface area contributed by atoms with Crippen molar-refractivity contribution in [3.8, 4) is 12.3 Å². The summed E-state index contributed by atoms with van der Waals surface area (Å²) in [7, 11) is 1.33. The van der Waals surface area contributed by atoms with E-state index in [1.54, 1.807) is 0 Å². The van der Waals surface area contributed by atoms with Gasteiger partial charge >= 0.3 is 35.0 Å². The predicted octanol–water partition coefficient (Wildman–Crippen LogP) is 9.55. The average molecular weight is 894 g/mol. The molecule has 8 bridgehead atoms. The van der Waals surface area contributed by atoms with Crippen molar-refractivity contribution in [1.82, 2.24) is 15.0 Å². The van der Waals surface area contributed by atoms with Crippen molar-refractivity contribution in [2.24, 2.45) is 35.5 Å². The Balaban J connectivity index is 0.00000793. The van der Waals surface area contributed by atoms with Gasteiger partial charge in [0.15, 0.2) is 0 Å². The van der Waals surface area contributed by atoms with E-state index in [9.17, 15) is 14.7 Å². The van der Waals surface area contributed by atoms with Gasteiger partial charge in [0.1, 0.15) is 12.5 Å². The van der Waals surface area contributed by atoms with E-state index in [0.29, 0.717) is 57.5 Å². The third-order valence-electron chi connectivity index (χ3n) is 14.3. The molecular formula is C55H72MgN4O5-2. The van der Waals surface area contributed by atoms with Crippen LogP contribution in [-0.4, -0.2) is 53.8 Å². The minimum atomic E-state index is -1.19. The topological polar surface area (TPSA) is 129 Å². The quantitative estimate of drug-likeness (QED) is 0.0546. The molecule has 0 saturated carbocycles. The molecule has 0 unspecified atom stereocenters. The van der Waals surface area contributed by atoms with E-state index in [4.69, 9.17) is 36.2 Å². The van der Waals surface area contributed by atoms with Crippen molar-refractivity contribution in [2.75, 3.05) is 13.7 Å². The maximum Gasteiger partial charge on any atom is 2.00 e. The molecule has 3 aliphatic rings. The van der Waals surface area contributed by atoms with Crippen LogP contribution >= 0.6 is 0 Å². The Kier molecular flexibility index (Phi) is 18.3. The molecule has 1 aliphatic carbocycles. The van der Waals surface area contributed by atoms with Gasteiger partial charge in [-0.3, -0.25) is 9.59 Å². The molecule has 1 saturated heterocycles. The van der Waals surface area contributed by atoms with Crippen molar-refractivity contribution in [3.63, 3.8) is 0 Å². The number of rotatable bonds is 19. The molecule has 10 heteroatoms. The molecule has 3 aromatic heterocycles. The Morgan fingerprint density at radius 3 is 2.15 bits per heavy atom. The zero-order chi connectivity index (χ0) is 46.4. The Morgan fingerprint density at radius 2 is 1.51 bits per heavy atom. The third-order valence-corrected chi connectivity index (χ3v) is 14.3. The summed E-state index contributed by atoms with van der Waals surface area (Å²) in [5, 5.41) is 18.8. The smallest absolute Gasteiger partial charge is 0.664 e. The standard InChI is InChI=1S/C55H72N4O5.Mg/c1-13-39-35(8)42-28-44-37(10)41(24-25-48(60)64-27-26-34(7)23-17-22-33(6)21-16-20-32(5)19-15-18-31(3)4)52(58-44)50-51(55(62)63-12)54(61)49-38(11)45(59-53(49)50)30-47-40(14-2)36(9)43(57-47)29-46(39)56-42;/h1,26,28-33,37,41,51,54,61H,14-25,27H2,2-12H3;/q-4;+2/b34-26+,43-29-,44-28-,47-30-,52-50-;/t32-,33+,37+,41+,51-,54+;/m1./s1. The zero-order valence-electron chi connectivity index (χ0n) is 41.2. The molecule has 0 amide bonds. The summed E-state index contributed by atoms with van der Waals surface area (Å²) < 4.78 is 11.1. The van der Waals surface area contributed by atoms with Crippen molar-refractivity contribution in [1.29, 1.82) is 0 Å². The Hall–Kier alpha value is -4.17. The number of methoxy groups -OCH3 is 1. The van der Waals surface area contributed by atoms with E-state index >= 15 is 0 Å². The van der Waals surface area contributed by atoms with Crippen LogP contribution in [0.3, 0.4) is 0 Å². The summed E-state index contributed by atoms with van der Waals surface area (Å²) in [6.07, 6.45) is 25.4. The van der Waals surface area contributed by atoms with Crippen LogP contribution in [0.25, 0.3) is 29.1 Å². The van der Waals surface area contributed by atoms with Gasteiger partial charge in [-0.2, -0.15) is 11.4 Å². The Morgan fingerprint density at radius 1 is 0.862 bits per heavy atom. The number of carbonyl (C=O) groups is 2. The van der Waals surface area contributed by atoms with Gasteiger partial charge in [-0.1, -0.05) is 144 Å². The second kappa shape index (κ2) is 23.0. The number of hydrogen-bond acceptors (Lipinski definition) is 5. The number of terminal acetylenes is 1. The molecule has 3 aromatic rings. The largest absolute Gasteiger partial charge is 2.00 e. The molecule has 0 spiro atoms. The zero-order valence-corrected chi connectivity index (χ0v) is 42.6. The number of allylic oxidation sites excluding steroid dienone is 3. The Bertz CT molecular complexity index is 2450. The van der Waals surface area contributed by atoms with Crippen LogP contribution in [0.5, 0.6) is 0 Å². The number of aliphatic hydroxyl groups is 1. The minimum absolute atomic E-state index is 0. The van der Waals surface area contributed by atoms with E-state index in [-0.39, 0.29) is 53.9 Å². The second-order valence-corrected chi connectivity index (χ2v) is 19.5. The third kappa shape index (κ3) is 11.7. The van der Waals surface area contributed by atoms with Crippen LogP contribution in [0.1, 0.15) is 181 Å². The average Bonchev–Trinajstić information content (AvgIpc) is 3.99. The van der Waals surface area contributed by atoms with Crippen molar-refractivity contribution >= 4 is 58.8 Å². The van der Waals surface area contributed by atoms with Gasteiger partial charge in [0.2, 0.25) is 0 Å². The van der Waals surface area contributed by atoms with Gasteiger partial charge in [-0.05, 0) is 94.6 Å². The molecule has 6 atom stereocenters. The summed E-state index contributed by atoms with van der Waals surface area (Å²) in [6, 6.07) is 0. The number of aromatic nitrogens is 3. The number of aliphatic hydroxyl groups excluding tert-OH is 1. The maximum atomic E-state index is 13.6. The van der Waals surface area contributed by atoms with Crippen LogP contribution in [0.15, 0.2) is 23.0 Å². The van der Waals surface area contributed by atoms with E-state index in [1.807, 2.05) is 38.2 Å². The predicted molar refractivity (Wildman–Crippen MR) is 263 cm³/mol. The molecular weight excluding hydrogens is 821 g/mol. The fourth-order valence-corrected chi connectivity index (χ4v) is 10.2. The summed E-state index contributed by atoms with van der Waals surface area (Å²) >= 11 is 0. The SMILES string of the molecule is C#Cc1c2[n-]c(c1C)/C=C1\[N-]/C(=C3\c4[n-]c(c(C)c4[C@H](O)[C@@H]3C(=O)OC)/C=c3\[n-]/c(c(C)c3CC)=C\2)[C@@H](CCC(=O)OC/C=C(\C)CCC[C@@H](C)CCC[C@H](C)CCCC(C)C)[C@@H]1C.[Mg+2]. The van der Waals surface area contributed by atoms with E-state index in [0.717, 1.165) is 69.7 Å².